The van der Waals surface area contributed by atoms with E-state index in [1.54, 1.807) is 5.56 Å². The molecule has 0 heterocycles. The highest BCUT2D eigenvalue weighted by atomic mass is 14.2. The summed E-state index contributed by atoms with van der Waals surface area (Å²) in [5, 5.41) is 2.78. The molecule has 0 amide bonds. The molecule has 2 saturated carbocycles. The molecule has 2 fully saturated rings. The number of hydrogen-bond acceptors (Lipinski definition) is 0. The van der Waals surface area contributed by atoms with Gasteiger partial charge in [0.1, 0.15) is 0 Å². The van der Waals surface area contributed by atoms with Gasteiger partial charge in [0, 0.05) is 0 Å². The molecule has 0 nitrogen and oxygen atoms in total. The Morgan fingerprint density at radius 3 is 2.04 bits per heavy atom. The van der Waals surface area contributed by atoms with Gasteiger partial charge < -0.3 is 0 Å². The van der Waals surface area contributed by atoms with Crippen molar-refractivity contribution in [3.05, 3.63) is 53.9 Å². The number of fused-ring (bicyclic) bond motifs is 1. The summed E-state index contributed by atoms with van der Waals surface area (Å²) in [4.78, 5) is 0. The minimum atomic E-state index is 0.749. The van der Waals surface area contributed by atoms with Gasteiger partial charge in [-0.05, 0) is 24.3 Å². The molecule has 0 unspecified atom stereocenters. The summed E-state index contributed by atoms with van der Waals surface area (Å²) in [6.45, 7) is 4.47. The van der Waals surface area contributed by atoms with E-state index in [9.17, 15) is 0 Å². The maximum absolute atomic E-state index is 4.47. The third kappa shape index (κ3) is 3.01. The van der Waals surface area contributed by atoms with Gasteiger partial charge in [-0.3, -0.25) is 0 Å². The largest absolute Gasteiger partial charge is 0.198 e. The first-order chi connectivity index (χ1) is 11.3. The van der Waals surface area contributed by atoms with Crippen LogP contribution in [-0.4, -0.2) is 0 Å². The van der Waals surface area contributed by atoms with Gasteiger partial charge in [-0.2, -0.15) is 12.5 Å². The van der Waals surface area contributed by atoms with Crippen LogP contribution in [0.5, 0.6) is 0 Å². The summed E-state index contributed by atoms with van der Waals surface area (Å²) < 4.78 is 0. The molecular weight excluding hydrogens is 276 g/mol. The van der Waals surface area contributed by atoms with Crippen molar-refractivity contribution in [3.63, 3.8) is 0 Å². The van der Waals surface area contributed by atoms with Crippen LogP contribution < -0.4 is 0 Å². The van der Waals surface area contributed by atoms with Crippen molar-refractivity contribution in [2.24, 2.45) is 0 Å². The molecule has 0 radical (unpaired) electrons. The van der Waals surface area contributed by atoms with Crippen LogP contribution >= 0.6 is 0 Å². The lowest BCUT2D eigenvalue weighted by molar-refractivity contribution is 0.443. The predicted octanol–water partition coefficient (Wildman–Crippen LogP) is 7.12. The van der Waals surface area contributed by atoms with E-state index in [-0.39, 0.29) is 0 Å². The summed E-state index contributed by atoms with van der Waals surface area (Å²) in [6, 6.07) is 11.9. The highest BCUT2D eigenvalue weighted by Crippen LogP contribution is 2.38. The third-order valence-corrected chi connectivity index (χ3v) is 6.31. The van der Waals surface area contributed by atoms with E-state index in [2.05, 4.69) is 37.3 Å². The Kier molecular flexibility index (Phi) is 4.33. The molecule has 23 heavy (non-hydrogen) atoms. The van der Waals surface area contributed by atoms with Gasteiger partial charge in [0.2, 0.25) is 0 Å². The molecule has 2 aliphatic rings. The standard InChI is InChI=1S/C23H29/c1-17-22(19-10-6-3-7-11-19)15-13-21-16-20(12-14-23(17)21)18-8-4-2-5-9-18/h12-16,18-19H,1-11H2/q-1. The van der Waals surface area contributed by atoms with Crippen LogP contribution in [0.3, 0.4) is 0 Å². The molecule has 0 aliphatic heterocycles. The van der Waals surface area contributed by atoms with Crippen LogP contribution in [0.1, 0.15) is 92.7 Å². The summed E-state index contributed by atoms with van der Waals surface area (Å²) in [7, 11) is 0. The molecule has 0 atom stereocenters. The van der Waals surface area contributed by atoms with Crippen molar-refractivity contribution in [1.29, 1.82) is 0 Å². The first-order valence-corrected chi connectivity index (χ1v) is 9.71. The lowest BCUT2D eigenvalue weighted by atomic mass is 9.80. The van der Waals surface area contributed by atoms with Crippen molar-refractivity contribution in [2.75, 3.05) is 0 Å². The van der Waals surface area contributed by atoms with Gasteiger partial charge in [-0.25, -0.2) is 0 Å². The predicted molar refractivity (Wildman–Crippen MR) is 100 cm³/mol. The second-order valence-corrected chi connectivity index (χ2v) is 7.78. The van der Waals surface area contributed by atoms with Crippen molar-refractivity contribution in [3.8, 4) is 0 Å². The molecule has 0 aromatic heterocycles. The van der Waals surface area contributed by atoms with Gasteiger partial charge in [0.25, 0.3) is 0 Å². The molecule has 0 N–H and O–H groups in total. The molecule has 2 aromatic rings. The zero-order valence-corrected chi connectivity index (χ0v) is 14.3. The minimum Gasteiger partial charge on any atom is -0.198 e. The van der Waals surface area contributed by atoms with Gasteiger partial charge >= 0.3 is 0 Å². The summed E-state index contributed by atoms with van der Waals surface area (Å²) >= 11 is 0. The SMILES string of the molecule is [CH2-]c1c(C2CCCCC2)ccc2cc(C3CCCCC3)ccc12. The Labute approximate surface area is 141 Å². The van der Waals surface area contributed by atoms with Gasteiger partial charge in [-0.15, -0.1) is 23.1 Å². The third-order valence-electron chi connectivity index (χ3n) is 6.31. The van der Waals surface area contributed by atoms with Crippen LogP contribution in [0.2, 0.25) is 0 Å². The van der Waals surface area contributed by atoms with E-state index in [1.807, 2.05) is 0 Å². The van der Waals surface area contributed by atoms with Crippen LogP contribution in [0.25, 0.3) is 10.8 Å². The normalized spacial score (nSPS) is 20.9. The van der Waals surface area contributed by atoms with Crippen molar-refractivity contribution >= 4 is 10.8 Å². The lowest BCUT2D eigenvalue weighted by Gasteiger charge is -2.30. The fourth-order valence-electron chi connectivity index (χ4n) is 4.92. The summed E-state index contributed by atoms with van der Waals surface area (Å²) in [5.74, 6) is 1.54. The van der Waals surface area contributed by atoms with Gasteiger partial charge in [-0.1, -0.05) is 80.9 Å². The highest BCUT2D eigenvalue weighted by Gasteiger charge is 2.16. The Morgan fingerprint density at radius 2 is 1.35 bits per heavy atom. The summed E-state index contributed by atoms with van der Waals surface area (Å²) in [5.41, 5.74) is 4.37. The van der Waals surface area contributed by atoms with Crippen molar-refractivity contribution < 1.29 is 0 Å². The second-order valence-electron chi connectivity index (χ2n) is 7.78. The van der Waals surface area contributed by atoms with E-state index in [4.69, 9.17) is 0 Å². The summed E-state index contributed by atoms with van der Waals surface area (Å²) in [6.07, 6.45) is 13.9. The smallest absolute Gasteiger partial charge is 0.0163 e. The Bertz CT molecular complexity index is 670. The molecule has 0 saturated heterocycles. The highest BCUT2D eigenvalue weighted by molar-refractivity contribution is 5.88. The molecular formula is C23H29-. The molecule has 2 aliphatic carbocycles. The van der Waals surface area contributed by atoms with Crippen LogP contribution in [0.4, 0.5) is 0 Å². The van der Waals surface area contributed by atoms with Crippen LogP contribution in [0.15, 0.2) is 30.3 Å². The van der Waals surface area contributed by atoms with Crippen LogP contribution in [0, 0.1) is 6.92 Å². The average Bonchev–Trinajstić information content (AvgIpc) is 2.63. The second kappa shape index (κ2) is 6.59. The zero-order valence-electron chi connectivity index (χ0n) is 14.3. The molecule has 2 aromatic carbocycles. The molecule has 4 rings (SSSR count). The van der Waals surface area contributed by atoms with E-state index in [0.717, 1.165) is 11.8 Å². The van der Waals surface area contributed by atoms with Crippen molar-refractivity contribution in [1.82, 2.24) is 0 Å². The number of hydrogen-bond donors (Lipinski definition) is 0. The first-order valence-electron chi connectivity index (χ1n) is 9.71. The topological polar surface area (TPSA) is 0 Å². The molecule has 0 heteroatoms. The number of rotatable bonds is 2. The van der Waals surface area contributed by atoms with Gasteiger partial charge in [0.05, 0.1) is 0 Å². The fraction of sp³-hybridized carbons (Fsp3) is 0.522. The van der Waals surface area contributed by atoms with E-state index in [1.165, 1.54) is 86.1 Å². The molecule has 0 bridgehead atoms. The van der Waals surface area contributed by atoms with E-state index in [0.29, 0.717) is 0 Å². The quantitative estimate of drug-likeness (QED) is 0.518. The zero-order chi connectivity index (χ0) is 15.6. The average molecular weight is 305 g/mol. The van der Waals surface area contributed by atoms with E-state index >= 15 is 0 Å². The maximum Gasteiger partial charge on any atom is -0.0163 e. The Balaban J connectivity index is 1.67. The fourth-order valence-corrected chi connectivity index (χ4v) is 4.92. The van der Waals surface area contributed by atoms with E-state index < -0.39 is 0 Å². The van der Waals surface area contributed by atoms with Crippen LogP contribution in [-0.2, 0) is 0 Å². The lowest BCUT2D eigenvalue weighted by Crippen LogP contribution is -2.07. The molecule has 122 valence electrons. The minimum absolute atomic E-state index is 0.749. The Morgan fingerprint density at radius 1 is 0.696 bits per heavy atom. The van der Waals surface area contributed by atoms with Gasteiger partial charge in [0.15, 0.2) is 0 Å². The Hall–Kier alpha value is -1.43. The molecule has 0 spiro atoms. The van der Waals surface area contributed by atoms with Crippen molar-refractivity contribution in [2.45, 2.75) is 76.0 Å². The first kappa shape index (κ1) is 15.1. The maximum atomic E-state index is 4.47. The monoisotopic (exact) mass is 305 g/mol. The number of benzene rings is 2.